The number of nitrogens with one attached hydrogen (secondary N) is 4. The van der Waals surface area contributed by atoms with Crippen LogP contribution in [0.5, 0.6) is 5.75 Å². The minimum Gasteiger partial charge on any atom is -0.493 e. The highest BCUT2D eigenvalue weighted by atomic mass is 16.5. The maximum absolute atomic E-state index is 13.4. The monoisotopic (exact) mass is 1110 g/mol. The molecule has 4 aromatic rings. The molecule has 1 saturated heterocycles. The number of hydrogen-bond donors (Lipinski definition) is 4. The van der Waals surface area contributed by atoms with Gasteiger partial charge in [-0.3, -0.25) is 48.2 Å². The molecule has 1 atom stereocenters. The molecule has 0 bridgehead atoms. The third-order valence-corrected chi connectivity index (χ3v) is 13.6. The third-order valence-electron chi connectivity index (χ3n) is 13.6. The summed E-state index contributed by atoms with van der Waals surface area (Å²) in [5.41, 5.74) is 6.78. The van der Waals surface area contributed by atoms with E-state index >= 15 is 0 Å². The molecule has 7 amide bonds. The lowest BCUT2D eigenvalue weighted by Gasteiger charge is -2.20. The fourth-order valence-corrected chi connectivity index (χ4v) is 9.25. The van der Waals surface area contributed by atoms with Crippen LogP contribution in [0, 0.1) is 6.92 Å². The highest BCUT2D eigenvalue weighted by Gasteiger charge is 2.34. The molecule has 0 unspecified atom stereocenters. The largest absolute Gasteiger partial charge is 0.493 e. The number of aromatic nitrogens is 2. The number of hydrogen-bond acceptors (Lipinski definition) is 14. The van der Waals surface area contributed by atoms with Gasteiger partial charge in [-0.25, -0.2) is 4.79 Å². The van der Waals surface area contributed by atoms with Crippen molar-refractivity contribution < 1.29 is 62.1 Å². The van der Waals surface area contributed by atoms with Crippen molar-refractivity contribution in [2.24, 2.45) is 19.1 Å². The van der Waals surface area contributed by atoms with Gasteiger partial charge in [0.05, 0.1) is 61.7 Å². The van der Waals surface area contributed by atoms with E-state index in [1.165, 1.54) is 12.2 Å². The number of alkyl carbamates (subject to hydrolysis) is 1. The Balaban J connectivity index is 0.698. The van der Waals surface area contributed by atoms with E-state index in [0.29, 0.717) is 92.5 Å². The molecule has 22 heteroatoms. The first-order valence-electron chi connectivity index (χ1n) is 27.2. The van der Waals surface area contributed by atoms with Crippen molar-refractivity contribution in [1.82, 2.24) is 34.9 Å². The molecule has 7 rings (SSSR count). The second-order valence-electron chi connectivity index (χ2n) is 20.0. The number of benzene rings is 2. The molecule has 3 aliphatic heterocycles. The van der Waals surface area contributed by atoms with Gasteiger partial charge in [0.1, 0.15) is 17.2 Å². The third kappa shape index (κ3) is 17.7. The molecule has 0 radical (unpaired) electrons. The van der Waals surface area contributed by atoms with Gasteiger partial charge in [0.15, 0.2) is 5.78 Å². The number of aryl methyl sites for hydroxylation is 3. The second kappa shape index (κ2) is 29.6. The summed E-state index contributed by atoms with van der Waals surface area (Å²) in [4.78, 5) is 119. The molecule has 0 spiro atoms. The average Bonchev–Trinajstić information content (AvgIpc) is 4.20. The zero-order chi connectivity index (χ0) is 57.8. The van der Waals surface area contributed by atoms with Gasteiger partial charge in [0.25, 0.3) is 23.6 Å². The molecule has 0 saturated carbocycles. The Morgan fingerprint density at radius 3 is 2.20 bits per heavy atom. The van der Waals surface area contributed by atoms with E-state index in [1.807, 2.05) is 37.4 Å². The number of nitrogens with zero attached hydrogens (tertiary/aromatic N) is 5. The number of rotatable bonds is 32. The first-order chi connectivity index (χ1) is 39.0. The summed E-state index contributed by atoms with van der Waals surface area (Å²) in [6, 6.07) is 14.5. The van der Waals surface area contributed by atoms with E-state index in [2.05, 4.69) is 32.8 Å². The Morgan fingerprint density at radius 1 is 0.704 bits per heavy atom. The highest BCUT2D eigenvalue weighted by Crippen LogP contribution is 2.35. The van der Waals surface area contributed by atoms with Crippen molar-refractivity contribution in [3.8, 4) is 16.9 Å². The average molecular weight is 1110 g/mol. The lowest BCUT2D eigenvalue weighted by molar-refractivity contribution is -0.137. The van der Waals surface area contributed by atoms with Crippen LogP contribution in [0.4, 0.5) is 16.2 Å². The number of Topliss-reactive ketones (excluding diaryl/α,β-unsaturated/α-hetero) is 2. The van der Waals surface area contributed by atoms with Gasteiger partial charge < -0.3 is 54.2 Å². The van der Waals surface area contributed by atoms with Gasteiger partial charge in [-0.2, -0.15) is 0 Å². The fraction of sp³-hybridized carbons (Fsp3) is 0.424. The van der Waals surface area contributed by atoms with Crippen LogP contribution >= 0.6 is 0 Å². The number of ether oxygens (including phenoxy) is 4. The van der Waals surface area contributed by atoms with Gasteiger partial charge >= 0.3 is 6.09 Å². The summed E-state index contributed by atoms with van der Waals surface area (Å²) >= 11 is 0. The van der Waals surface area contributed by atoms with Crippen molar-refractivity contribution >= 4 is 70.7 Å². The molecule has 81 heavy (non-hydrogen) atoms. The van der Waals surface area contributed by atoms with E-state index < -0.39 is 17.9 Å². The first-order valence-corrected chi connectivity index (χ1v) is 27.2. The number of carbonyl (C=O) groups is 9. The fourth-order valence-electron chi connectivity index (χ4n) is 9.25. The molecule has 5 heterocycles. The van der Waals surface area contributed by atoms with Crippen molar-refractivity contribution in [3.05, 3.63) is 113 Å². The van der Waals surface area contributed by atoms with Gasteiger partial charge in [0.2, 0.25) is 11.8 Å². The zero-order valence-electron chi connectivity index (χ0n) is 46.2. The first kappa shape index (κ1) is 60.1. The maximum atomic E-state index is 13.4. The minimum absolute atomic E-state index is 0.0559. The molecule has 0 aliphatic carbocycles. The Bertz CT molecular complexity index is 3030. The number of fused-ring (bicyclic) bond motifs is 2. The summed E-state index contributed by atoms with van der Waals surface area (Å²) < 4.78 is 25.5. The Labute approximate surface area is 470 Å². The van der Waals surface area contributed by atoms with Crippen molar-refractivity contribution in [2.45, 2.75) is 77.2 Å². The Hall–Kier alpha value is -8.50. The van der Waals surface area contributed by atoms with Crippen LogP contribution in [-0.2, 0) is 58.7 Å². The van der Waals surface area contributed by atoms with E-state index in [0.717, 1.165) is 32.7 Å². The molecular weight excluding hydrogens is 1040 g/mol. The van der Waals surface area contributed by atoms with Crippen LogP contribution in [0.1, 0.15) is 100 Å². The molecule has 2 aromatic carbocycles. The maximum Gasteiger partial charge on any atom is 0.407 e. The molecule has 3 aliphatic rings. The Kier molecular flexibility index (Phi) is 22.0. The quantitative estimate of drug-likeness (QED) is 0.0204. The summed E-state index contributed by atoms with van der Waals surface area (Å²) in [6.07, 6.45) is 10.5. The van der Waals surface area contributed by atoms with E-state index in [9.17, 15) is 43.2 Å². The summed E-state index contributed by atoms with van der Waals surface area (Å²) in [5.74, 6) is -1.15. The van der Waals surface area contributed by atoms with E-state index in [-0.39, 0.29) is 119 Å². The van der Waals surface area contributed by atoms with Crippen LogP contribution in [-0.4, -0.2) is 157 Å². The molecule has 430 valence electrons. The number of ketones is 2. The molecule has 4 N–H and O–H groups in total. The molecular formula is C59H71N9O13. The van der Waals surface area contributed by atoms with Crippen LogP contribution in [0.25, 0.3) is 11.1 Å². The minimum atomic E-state index is -0.604. The van der Waals surface area contributed by atoms with Crippen LogP contribution in [0.15, 0.2) is 90.2 Å². The van der Waals surface area contributed by atoms with Gasteiger partial charge in [0, 0.05) is 128 Å². The topological polar surface area (TPSA) is 267 Å². The van der Waals surface area contributed by atoms with Gasteiger partial charge in [-0.1, -0.05) is 36.4 Å². The van der Waals surface area contributed by atoms with Crippen molar-refractivity contribution in [1.29, 1.82) is 0 Å². The van der Waals surface area contributed by atoms with Gasteiger partial charge in [-0.05, 0) is 73.9 Å². The zero-order valence-corrected chi connectivity index (χ0v) is 46.2. The standard InChI is InChI=1S/C59H71N9O13/c1-39-29-45-35-63-48-34-52(40(2)30-47(48)58(76)68(45)36-39)80-24-6-10-54(72)64-44-33-49(66(4)38-44)51(70)31-41-11-13-42(14-12-41)43-32-50(65(3)37-43)57(75)61-21-8-25-81-59(77)62-20-7-19-60-53(71)18-26-79-28-27-78-23-5-9-46(69)17-22-67-55(73)15-16-56(67)74/h11-16,30,32-35,37-38,45H,1,5-10,17-29,31,36H2,2-4H3,(H,60,71)(H,61,75)(H,62,77)(H,64,72)/t45-/m0/s1. The van der Waals surface area contributed by atoms with Crippen LogP contribution in [0.2, 0.25) is 0 Å². The predicted molar refractivity (Wildman–Crippen MR) is 300 cm³/mol. The number of carbonyl (C=O) groups excluding carboxylic acids is 9. The summed E-state index contributed by atoms with van der Waals surface area (Å²) in [6.45, 7) is 8.95. The Morgan fingerprint density at radius 2 is 1.42 bits per heavy atom. The normalized spacial score (nSPS) is 14.4. The molecule has 22 nitrogen and oxygen atoms in total. The number of aliphatic imine (C=N–C) groups is 1. The molecule has 2 aromatic heterocycles. The van der Waals surface area contributed by atoms with Crippen LogP contribution in [0.3, 0.4) is 0 Å². The van der Waals surface area contributed by atoms with Gasteiger partial charge in [-0.15, -0.1) is 0 Å². The smallest absolute Gasteiger partial charge is 0.407 e. The highest BCUT2D eigenvalue weighted by molar-refractivity contribution is 6.13. The van der Waals surface area contributed by atoms with Crippen molar-refractivity contribution in [3.63, 3.8) is 0 Å². The van der Waals surface area contributed by atoms with E-state index in [1.54, 1.807) is 64.8 Å². The summed E-state index contributed by atoms with van der Waals surface area (Å²) in [7, 11) is 3.53. The summed E-state index contributed by atoms with van der Waals surface area (Å²) in [5, 5.41) is 11.1. The van der Waals surface area contributed by atoms with Crippen molar-refractivity contribution in [2.75, 3.05) is 77.7 Å². The second-order valence-corrected chi connectivity index (χ2v) is 20.0. The number of anilines is 1. The van der Waals surface area contributed by atoms with E-state index in [4.69, 9.17) is 18.9 Å². The predicted octanol–water partition coefficient (Wildman–Crippen LogP) is 5.49. The number of amides is 7. The lowest BCUT2D eigenvalue weighted by Crippen LogP contribution is -2.35. The van der Waals surface area contributed by atoms with Crippen LogP contribution < -0.4 is 26.0 Å². The number of imide groups is 1. The SMILES string of the molecule is C=C1C[C@H]2C=Nc3cc(OCCCC(=O)Nc4cc(C(=O)Cc5ccc(-c6cc(C(=O)NCCCOC(=O)NCCCNC(=O)CCOCCOCCCC(=O)CCN7C(=O)C=CC7=O)n(C)c6)cc5)n(C)c4)c(C)cc3C(=O)N2C1. The molecule has 1 fully saturated rings. The lowest BCUT2D eigenvalue weighted by atomic mass is 10.0.